The van der Waals surface area contributed by atoms with Gasteiger partial charge in [0.2, 0.25) is 6.41 Å². The maximum absolute atomic E-state index is 14.0. The van der Waals surface area contributed by atoms with Crippen molar-refractivity contribution in [3.63, 3.8) is 0 Å². The molecule has 0 bridgehead atoms. The Morgan fingerprint density at radius 1 is 1.19 bits per heavy atom. The first kappa shape index (κ1) is 25.7. The molecule has 1 unspecified atom stereocenters. The first-order valence-corrected chi connectivity index (χ1v) is 12.6. The van der Waals surface area contributed by atoms with Crippen LogP contribution in [-0.2, 0) is 9.59 Å². The summed E-state index contributed by atoms with van der Waals surface area (Å²) in [7, 11) is 0. The summed E-state index contributed by atoms with van der Waals surface area (Å²) in [5.41, 5.74) is 1.12. The third-order valence-corrected chi connectivity index (χ3v) is 7.76. The van der Waals surface area contributed by atoms with Crippen molar-refractivity contribution in [1.82, 2.24) is 19.9 Å². The minimum absolute atomic E-state index is 0.164. The molecule has 36 heavy (non-hydrogen) atoms. The Bertz CT molecular complexity index is 1080. The molecule has 2 N–H and O–H groups in total. The molecular formula is C26H34N5O5+. The van der Waals surface area contributed by atoms with Crippen molar-refractivity contribution in [1.29, 1.82) is 0 Å². The topological polar surface area (TPSA) is 122 Å². The Labute approximate surface area is 210 Å². The smallest absolute Gasteiger partial charge is 0.306 e. The van der Waals surface area contributed by atoms with E-state index in [0.717, 1.165) is 31.4 Å². The molecule has 1 aromatic carbocycles. The number of hydrogen-bond donors (Lipinski definition) is 2. The average Bonchev–Trinajstić information content (AvgIpc) is 3.66. The number of imide groups is 2. The molecule has 2 aromatic rings. The number of quaternary nitrogens is 1. The maximum atomic E-state index is 14.0. The second-order valence-corrected chi connectivity index (χ2v) is 10.0. The zero-order valence-corrected chi connectivity index (χ0v) is 20.6. The molecule has 10 heteroatoms. The number of rotatable bonds is 8. The van der Waals surface area contributed by atoms with Gasteiger partial charge >= 0.3 is 11.9 Å². The molecule has 0 radical (unpaired) electrons. The second kappa shape index (κ2) is 11.1. The maximum Gasteiger partial charge on any atom is 0.431 e. The van der Waals surface area contributed by atoms with Crippen LogP contribution in [-0.4, -0.2) is 67.7 Å². The summed E-state index contributed by atoms with van der Waals surface area (Å²) in [6, 6.07) is 5.77. The largest absolute Gasteiger partial charge is 0.431 e. The number of imidazole rings is 1. The lowest BCUT2D eigenvalue weighted by Gasteiger charge is -2.36. The summed E-state index contributed by atoms with van der Waals surface area (Å²) in [5.74, 6) is -1.30. The molecule has 1 aromatic heterocycles. The summed E-state index contributed by atoms with van der Waals surface area (Å²) < 4.78 is 1.30. The molecule has 2 aliphatic rings. The van der Waals surface area contributed by atoms with Crippen LogP contribution >= 0.6 is 0 Å². The van der Waals surface area contributed by atoms with E-state index in [4.69, 9.17) is 0 Å². The SMILES string of the molecule is C[C@@H]1CCC[N+]1(C(=O)NC(=O)c1ccc(-n2ccnc2)cc1)C(=O)[C@H](CC1CCCC1)CN(O)C=O. The zero-order valence-electron chi connectivity index (χ0n) is 20.6. The fourth-order valence-corrected chi connectivity index (χ4v) is 5.77. The summed E-state index contributed by atoms with van der Waals surface area (Å²) >= 11 is 0. The van der Waals surface area contributed by atoms with Gasteiger partial charge in [0.25, 0.3) is 5.91 Å². The fourth-order valence-electron chi connectivity index (χ4n) is 5.77. The van der Waals surface area contributed by atoms with Crippen molar-refractivity contribution in [3.8, 4) is 5.69 Å². The van der Waals surface area contributed by atoms with E-state index in [1.165, 1.54) is 0 Å². The van der Waals surface area contributed by atoms with Crippen molar-refractivity contribution in [3.05, 3.63) is 48.5 Å². The van der Waals surface area contributed by atoms with Gasteiger partial charge in [-0.15, -0.1) is 0 Å². The molecule has 3 atom stereocenters. The van der Waals surface area contributed by atoms with Crippen molar-refractivity contribution in [2.45, 2.75) is 57.9 Å². The van der Waals surface area contributed by atoms with E-state index < -0.39 is 22.3 Å². The Balaban J connectivity index is 1.54. The second-order valence-electron chi connectivity index (χ2n) is 10.0. The summed E-state index contributed by atoms with van der Waals surface area (Å²) in [6.45, 7) is 1.97. The first-order valence-electron chi connectivity index (χ1n) is 12.6. The Morgan fingerprint density at radius 2 is 1.92 bits per heavy atom. The third kappa shape index (κ3) is 5.24. The monoisotopic (exact) mass is 496 g/mol. The number of benzene rings is 1. The lowest BCUT2D eigenvalue weighted by Crippen LogP contribution is -2.65. The molecule has 2 heterocycles. The highest BCUT2D eigenvalue weighted by atomic mass is 16.5. The standard InChI is InChI=1S/C26H33N5O5/c1-19-5-4-14-31(19,25(34)22(16-30(36)18-32)15-20-6-2-3-7-20)26(35)28-24(33)21-8-10-23(11-9-21)29-13-12-27-17-29/h8-13,17-20,22,36H,2-7,14-16H2,1H3/p+1/t19-,22-,31?/m1/s1. The Hall–Kier alpha value is -3.37. The van der Waals surface area contributed by atoms with Crippen LogP contribution < -0.4 is 5.32 Å². The quantitative estimate of drug-likeness (QED) is 0.250. The van der Waals surface area contributed by atoms with E-state index in [-0.39, 0.29) is 31.4 Å². The van der Waals surface area contributed by atoms with E-state index >= 15 is 0 Å². The molecule has 1 aliphatic heterocycles. The normalized spacial score (nSPS) is 22.8. The summed E-state index contributed by atoms with van der Waals surface area (Å²) in [6.07, 6.45) is 11.4. The molecular weight excluding hydrogens is 462 g/mol. The van der Waals surface area contributed by atoms with Crippen LogP contribution in [0, 0.1) is 11.8 Å². The van der Waals surface area contributed by atoms with E-state index in [1.54, 1.807) is 47.6 Å². The van der Waals surface area contributed by atoms with Crippen molar-refractivity contribution < 1.29 is 28.9 Å². The lowest BCUT2D eigenvalue weighted by molar-refractivity contribution is -0.786. The lowest BCUT2D eigenvalue weighted by atomic mass is 9.91. The van der Waals surface area contributed by atoms with Gasteiger partial charge in [-0.1, -0.05) is 25.7 Å². The van der Waals surface area contributed by atoms with Gasteiger partial charge < -0.3 is 4.57 Å². The van der Waals surface area contributed by atoms with Gasteiger partial charge in [0.1, 0.15) is 6.04 Å². The van der Waals surface area contributed by atoms with Crippen molar-refractivity contribution in [2.75, 3.05) is 13.1 Å². The number of nitrogens with one attached hydrogen (secondary N) is 1. The van der Waals surface area contributed by atoms with Gasteiger partial charge in [-0.2, -0.15) is 4.48 Å². The third-order valence-electron chi connectivity index (χ3n) is 7.76. The van der Waals surface area contributed by atoms with Crippen LogP contribution in [0.15, 0.2) is 43.0 Å². The highest BCUT2D eigenvalue weighted by Crippen LogP contribution is 2.35. The highest BCUT2D eigenvalue weighted by molar-refractivity contribution is 6.04. The van der Waals surface area contributed by atoms with Crippen LogP contribution in [0.4, 0.5) is 4.79 Å². The van der Waals surface area contributed by atoms with Gasteiger partial charge in [-0.05, 0) is 43.5 Å². The zero-order chi connectivity index (χ0) is 25.7. The van der Waals surface area contributed by atoms with E-state index in [0.29, 0.717) is 35.8 Å². The minimum atomic E-state index is -0.695. The number of hydrogen-bond acceptors (Lipinski definition) is 6. The molecule has 1 aliphatic carbocycles. The van der Waals surface area contributed by atoms with E-state index in [2.05, 4.69) is 10.3 Å². The number of carbonyl (C=O) groups is 4. The molecule has 0 spiro atoms. The van der Waals surface area contributed by atoms with Gasteiger partial charge in [0.05, 0.1) is 25.3 Å². The first-order chi connectivity index (χ1) is 17.3. The average molecular weight is 497 g/mol. The summed E-state index contributed by atoms with van der Waals surface area (Å²) in [4.78, 5) is 55.7. The van der Waals surface area contributed by atoms with Gasteiger partial charge in [-0.25, -0.2) is 25.0 Å². The number of aromatic nitrogens is 2. The molecule has 1 saturated carbocycles. The Morgan fingerprint density at radius 3 is 2.50 bits per heavy atom. The van der Waals surface area contributed by atoms with Crippen LogP contribution in [0.2, 0.25) is 0 Å². The van der Waals surface area contributed by atoms with Crippen LogP contribution in [0.3, 0.4) is 0 Å². The highest BCUT2D eigenvalue weighted by Gasteiger charge is 2.55. The minimum Gasteiger partial charge on any atom is -0.306 e. The van der Waals surface area contributed by atoms with Gasteiger partial charge in [0.15, 0.2) is 0 Å². The number of hydroxylamine groups is 2. The molecule has 1 saturated heterocycles. The number of nitrogens with zero attached hydrogens (tertiary/aromatic N) is 4. The molecule has 2 fully saturated rings. The molecule has 4 rings (SSSR count). The predicted molar refractivity (Wildman–Crippen MR) is 130 cm³/mol. The van der Waals surface area contributed by atoms with Crippen molar-refractivity contribution >= 4 is 24.3 Å². The van der Waals surface area contributed by atoms with E-state index in [1.807, 2.05) is 6.92 Å². The van der Waals surface area contributed by atoms with Crippen molar-refractivity contribution in [2.24, 2.45) is 11.8 Å². The molecule has 192 valence electrons. The molecule has 5 amide bonds. The van der Waals surface area contributed by atoms with Crippen LogP contribution in [0.25, 0.3) is 5.69 Å². The number of carbonyl (C=O) groups excluding carboxylic acids is 4. The number of likely N-dealkylation sites (tertiary alicyclic amines) is 1. The van der Waals surface area contributed by atoms with Gasteiger partial charge in [-0.3, -0.25) is 14.8 Å². The van der Waals surface area contributed by atoms with Crippen LogP contribution in [0.5, 0.6) is 0 Å². The van der Waals surface area contributed by atoms with Gasteiger partial charge in [0, 0.05) is 36.5 Å². The summed E-state index contributed by atoms with van der Waals surface area (Å²) in [5, 5.41) is 12.9. The fraction of sp³-hybridized carbons (Fsp3) is 0.500. The Kier molecular flexibility index (Phi) is 7.95. The number of urea groups is 1. The van der Waals surface area contributed by atoms with Crippen LogP contribution in [0.1, 0.15) is 62.2 Å². The molecule has 10 nitrogen and oxygen atoms in total. The van der Waals surface area contributed by atoms with E-state index in [9.17, 15) is 24.4 Å². The number of amides is 5. The predicted octanol–water partition coefficient (Wildman–Crippen LogP) is 3.29.